The average molecular weight is 371 g/mol. The number of carbonyl (C=O) groups is 2. The lowest BCUT2D eigenvalue weighted by Crippen LogP contribution is -2.35. The predicted molar refractivity (Wildman–Crippen MR) is 98.5 cm³/mol. The number of rotatable bonds is 6. The summed E-state index contributed by atoms with van der Waals surface area (Å²) in [7, 11) is 0. The molecule has 0 saturated heterocycles. The summed E-state index contributed by atoms with van der Waals surface area (Å²) in [5, 5.41) is 8.44. The third-order valence-corrected chi connectivity index (χ3v) is 4.38. The monoisotopic (exact) mass is 371 g/mol. The van der Waals surface area contributed by atoms with Crippen LogP contribution in [0, 0.1) is 11.6 Å². The van der Waals surface area contributed by atoms with Gasteiger partial charge in [0.25, 0.3) is 5.91 Å². The maximum Gasteiger partial charge on any atom is 0.267 e. The van der Waals surface area contributed by atoms with E-state index in [0.29, 0.717) is 5.69 Å². The highest BCUT2D eigenvalue weighted by Gasteiger charge is 2.34. The van der Waals surface area contributed by atoms with Gasteiger partial charge >= 0.3 is 0 Å². The van der Waals surface area contributed by atoms with E-state index in [4.69, 9.17) is 0 Å². The van der Waals surface area contributed by atoms with Crippen molar-refractivity contribution >= 4 is 23.1 Å². The standard InChI is InChI=1S/C20H19F2N3O2/c1-13(26)19-12-18(24-25(19)14-6-3-2-4-7-14)20(27)23-11-10-15-16(21)8-5-9-17(15)22/h2-9,19H,10-12H2,1H3,(H,23,27). The van der Waals surface area contributed by atoms with Crippen LogP contribution in [0.25, 0.3) is 0 Å². The van der Waals surface area contributed by atoms with Crippen LogP contribution in [-0.2, 0) is 16.0 Å². The van der Waals surface area contributed by atoms with Crippen LogP contribution in [0.3, 0.4) is 0 Å². The average Bonchev–Trinajstić information content (AvgIpc) is 3.10. The minimum atomic E-state index is -0.644. The summed E-state index contributed by atoms with van der Waals surface area (Å²) in [6.07, 6.45) is 0.209. The molecule has 0 fully saturated rings. The first kappa shape index (κ1) is 18.7. The molecule has 3 rings (SSSR count). The number of carbonyl (C=O) groups excluding carboxylic acids is 2. The van der Waals surface area contributed by atoms with Gasteiger partial charge in [0.2, 0.25) is 0 Å². The molecular weight excluding hydrogens is 352 g/mol. The molecule has 1 aliphatic heterocycles. The molecule has 0 radical (unpaired) electrons. The first-order valence-electron chi connectivity index (χ1n) is 8.60. The highest BCUT2D eigenvalue weighted by Crippen LogP contribution is 2.25. The van der Waals surface area contributed by atoms with Gasteiger partial charge in [0.15, 0.2) is 5.78 Å². The highest BCUT2D eigenvalue weighted by atomic mass is 19.1. The Labute approximate surface area is 155 Å². The minimum absolute atomic E-state index is 0.0239. The number of nitrogens with zero attached hydrogens (tertiary/aromatic N) is 2. The number of ketones is 1. The summed E-state index contributed by atoms with van der Waals surface area (Å²) < 4.78 is 27.3. The molecule has 27 heavy (non-hydrogen) atoms. The van der Waals surface area contributed by atoms with Crippen molar-refractivity contribution in [3.8, 4) is 0 Å². The first-order chi connectivity index (χ1) is 13.0. The Hall–Kier alpha value is -3.09. The molecule has 0 bridgehead atoms. The molecule has 5 nitrogen and oxygen atoms in total. The summed E-state index contributed by atoms with van der Waals surface area (Å²) in [6.45, 7) is 1.52. The Morgan fingerprint density at radius 2 is 1.78 bits per heavy atom. The van der Waals surface area contributed by atoms with Gasteiger partial charge in [-0.1, -0.05) is 24.3 Å². The quantitative estimate of drug-likeness (QED) is 0.849. The fourth-order valence-electron chi connectivity index (χ4n) is 2.96. The van der Waals surface area contributed by atoms with Crippen LogP contribution in [0.1, 0.15) is 18.9 Å². The lowest BCUT2D eigenvalue weighted by molar-refractivity contribution is -0.118. The summed E-state index contributed by atoms with van der Waals surface area (Å²) in [6, 6.07) is 12.2. The predicted octanol–water partition coefficient (Wildman–Crippen LogP) is 2.85. The molecule has 0 aromatic heterocycles. The van der Waals surface area contributed by atoms with Crippen molar-refractivity contribution < 1.29 is 18.4 Å². The summed E-state index contributed by atoms with van der Waals surface area (Å²) >= 11 is 0. The number of hydrogen-bond acceptors (Lipinski definition) is 4. The van der Waals surface area contributed by atoms with Crippen LogP contribution in [0.15, 0.2) is 53.6 Å². The van der Waals surface area contributed by atoms with Gasteiger partial charge in [-0.15, -0.1) is 0 Å². The SMILES string of the molecule is CC(=O)C1CC(C(=O)NCCc2c(F)cccc2F)=NN1c1ccccc1. The van der Waals surface area contributed by atoms with E-state index in [1.54, 1.807) is 12.1 Å². The van der Waals surface area contributed by atoms with Gasteiger partial charge in [0, 0.05) is 18.5 Å². The molecule has 0 aliphatic carbocycles. The number of amides is 1. The van der Waals surface area contributed by atoms with Gasteiger partial charge in [-0.05, 0) is 37.6 Å². The van der Waals surface area contributed by atoms with Crippen LogP contribution in [0.2, 0.25) is 0 Å². The second-order valence-electron chi connectivity index (χ2n) is 6.26. The number of para-hydroxylation sites is 1. The van der Waals surface area contributed by atoms with Crippen LogP contribution in [0.4, 0.5) is 14.5 Å². The van der Waals surface area contributed by atoms with E-state index in [1.165, 1.54) is 30.1 Å². The molecule has 2 aromatic carbocycles. The van der Waals surface area contributed by atoms with Crippen molar-refractivity contribution in [2.24, 2.45) is 5.10 Å². The Morgan fingerprint density at radius 3 is 2.41 bits per heavy atom. The van der Waals surface area contributed by atoms with E-state index in [-0.39, 0.29) is 36.4 Å². The van der Waals surface area contributed by atoms with E-state index in [1.807, 2.05) is 18.2 Å². The number of nitrogens with one attached hydrogen (secondary N) is 1. The smallest absolute Gasteiger partial charge is 0.267 e. The zero-order valence-electron chi connectivity index (χ0n) is 14.8. The van der Waals surface area contributed by atoms with Crippen molar-refractivity contribution in [3.63, 3.8) is 0 Å². The number of anilines is 1. The Bertz CT molecular complexity index is 864. The fourth-order valence-corrected chi connectivity index (χ4v) is 2.96. The number of hydrazone groups is 1. The van der Waals surface area contributed by atoms with E-state index in [0.717, 1.165) is 0 Å². The van der Waals surface area contributed by atoms with E-state index in [2.05, 4.69) is 10.4 Å². The summed E-state index contributed by atoms with van der Waals surface area (Å²) in [5.74, 6) is -1.83. The maximum atomic E-state index is 13.6. The molecule has 0 spiro atoms. The van der Waals surface area contributed by atoms with Gasteiger partial charge < -0.3 is 5.32 Å². The van der Waals surface area contributed by atoms with Gasteiger partial charge in [0.05, 0.1) is 5.69 Å². The van der Waals surface area contributed by atoms with Gasteiger partial charge in [-0.25, -0.2) is 8.78 Å². The minimum Gasteiger partial charge on any atom is -0.351 e. The third-order valence-electron chi connectivity index (χ3n) is 4.38. The molecule has 2 aromatic rings. The zero-order valence-corrected chi connectivity index (χ0v) is 14.8. The van der Waals surface area contributed by atoms with Gasteiger partial charge in [0.1, 0.15) is 23.4 Å². The topological polar surface area (TPSA) is 61.8 Å². The van der Waals surface area contributed by atoms with Crippen molar-refractivity contribution in [1.29, 1.82) is 0 Å². The Kier molecular flexibility index (Phi) is 5.59. The van der Waals surface area contributed by atoms with Crippen molar-refractivity contribution in [3.05, 3.63) is 65.7 Å². The van der Waals surface area contributed by atoms with Crippen LogP contribution < -0.4 is 10.3 Å². The Morgan fingerprint density at radius 1 is 1.11 bits per heavy atom. The normalized spacial score (nSPS) is 16.2. The van der Waals surface area contributed by atoms with E-state index in [9.17, 15) is 18.4 Å². The van der Waals surface area contributed by atoms with Gasteiger partial charge in [-0.3, -0.25) is 14.6 Å². The third kappa shape index (κ3) is 4.19. The molecule has 1 atom stereocenters. The van der Waals surface area contributed by atoms with Crippen molar-refractivity contribution in [2.75, 3.05) is 11.6 Å². The molecule has 1 aliphatic rings. The molecule has 1 N–H and O–H groups in total. The zero-order chi connectivity index (χ0) is 19.4. The van der Waals surface area contributed by atoms with Crippen LogP contribution in [0.5, 0.6) is 0 Å². The summed E-state index contributed by atoms with van der Waals surface area (Å²) in [4.78, 5) is 24.3. The number of Topliss-reactive ketones (excluding diaryl/α,β-unsaturated/α-hetero) is 1. The van der Waals surface area contributed by atoms with E-state index >= 15 is 0 Å². The molecule has 140 valence electrons. The molecule has 1 amide bonds. The summed E-state index contributed by atoms with van der Waals surface area (Å²) in [5.41, 5.74) is 0.862. The maximum absolute atomic E-state index is 13.6. The molecule has 7 heteroatoms. The largest absolute Gasteiger partial charge is 0.351 e. The van der Waals surface area contributed by atoms with E-state index < -0.39 is 23.6 Å². The Balaban J connectivity index is 1.67. The van der Waals surface area contributed by atoms with Crippen LogP contribution in [-0.4, -0.2) is 30.0 Å². The lowest BCUT2D eigenvalue weighted by Gasteiger charge is -2.20. The number of halogens is 2. The second kappa shape index (κ2) is 8.07. The van der Waals surface area contributed by atoms with Crippen molar-refractivity contribution in [1.82, 2.24) is 5.32 Å². The second-order valence-corrected chi connectivity index (χ2v) is 6.26. The molecule has 1 unspecified atom stereocenters. The number of benzene rings is 2. The fraction of sp³-hybridized carbons (Fsp3) is 0.250. The molecular formula is C20H19F2N3O2. The number of hydrogen-bond donors (Lipinski definition) is 1. The molecule has 0 saturated carbocycles. The highest BCUT2D eigenvalue weighted by molar-refractivity contribution is 6.40. The van der Waals surface area contributed by atoms with Crippen LogP contribution >= 0.6 is 0 Å². The molecule has 1 heterocycles. The first-order valence-corrected chi connectivity index (χ1v) is 8.60. The van der Waals surface area contributed by atoms with Gasteiger partial charge in [-0.2, -0.15) is 5.10 Å². The van der Waals surface area contributed by atoms with Crippen molar-refractivity contribution in [2.45, 2.75) is 25.8 Å². The lowest BCUT2D eigenvalue weighted by atomic mass is 10.1.